The number of ether oxygens (including phenoxy) is 1. The van der Waals surface area contributed by atoms with Gasteiger partial charge in [-0.1, -0.05) is 12.1 Å². The van der Waals surface area contributed by atoms with Crippen LogP contribution in [0.15, 0.2) is 9.52 Å². The van der Waals surface area contributed by atoms with E-state index in [4.69, 9.17) is 14.3 Å². The first kappa shape index (κ1) is 28.1. The quantitative estimate of drug-likeness (QED) is 0.276. The van der Waals surface area contributed by atoms with Crippen molar-refractivity contribution in [1.82, 2.24) is 19.7 Å². The molecular weight excluding hydrogens is 533 g/mol. The average molecular weight is 572 g/mol. The van der Waals surface area contributed by atoms with Gasteiger partial charge in [-0.25, -0.2) is 8.42 Å². The fourth-order valence-electron chi connectivity index (χ4n) is 3.63. The van der Waals surface area contributed by atoms with Crippen LogP contribution in [0.25, 0.3) is 0 Å². The monoisotopic (exact) mass is 571 g/mol. The van der Waals surface area contributed by atoms with Crippen molar-refractivity contribution in [2.75, 3.05) is 51.6 Å². The van der Waals surface area contributed by atoms with Crippen molar-refractivity contribution in [2.45, 2.75) is 53.6 Å². The SMILES string of the molecule is CCNC(=NCC(C)c1c(C)noc1C)N1CCN(S(=O)(=O)CCOC(C)C)CC1.I. The third-order valence-corrected chi connectivity index (χ3v) is 6.99. The van der Waals surface area contributed by atoms with E-state index in [2.05, 4.69) is 22.3 Å². The highest BCUT2D eigenvalue weighted by molar-refractivity contribution is 14.0. The van der Waals surface area contributed by atoms with Crippen molar-refractivity contribution in [3.63, 3.8) is 0 Å². The maximum Gasteiger partial charge on any atom is 0.216 e. The van der Waals surface area contributed by atoms with Crippen LogP contribution < -0.4 is 5.32 Å². The summed E-state index contributed by atoms with van der Waals surface area (Å²) in [7, 11) is -3.30. The zero-order valence-electron chi connectivity index (χ0n) is 19.5. The van der Waals surface area contributed by atoms with Crippen LogP contribution >= 0.6 is 24.0 Å². The first-order chi connectivity index (χ1) is 14.2. The van der Waals surface area contributed by atoms with E-state index in [0.29, 0.717) is 32.7 Å². The highest BCUT2D eigenvalue weighted by Gasteiger charge is 2.28. The lowest BCUT2D eigenvalue weighted by atomic mass is 10.00. The zero-order valence-corrected chi connectivity index (χ0v) is 22.7. The zero-order chi connectivity index (χ0) is 22.3. The molecule has 0 radical (unpaired) electrons. The Hall–Kier alpha value is -0.920. The molecule has 0 bridgehead atoms. The van der Waals surface area contributed by atoms with Gasteiger partial charge in [-0.05, 0) is 34.6 Å². The van der Waals surface area contributed by atoms with Gasteiger partial charge in [0.25, 0.3) is 0 Å². The van der Waals surface area contributed by atoms with Crippen LogP contribution in [0.5, 0.6) is 0 Å². The number of guanidine groups is 1. The highest BCUT2D eigenvalue weighted by Crippen LogP contribution is 2.23. The first-order valence-electron chi connectivity index (χ1n) is 10.7. The van der Waals surface area contributed by atoms with E-state index in [0.717, 1.165) is 29.5 Å². The van der Waals surface area contributed by atoms with Crippen LogP contribution in [0.1, 0.15) is 50.6 Å². The molecule has 11 heteroatoms. The van der Waals surface area contributed by atoms with Crippen molar-refractivity contribution in [2.24, 2.45) is 4.99 Å². The number of nitrogens with one attached hydrogen (secondary N) is 1. The fraction of sp³-hybridized carbons (Fsp3) is 0.800. The summed E-state index contributed by atoms with van der Waals surface area (Å²) < 4.78 is 37.3. The standard InChI is InChI=1S/C20H37N5O4S.HI/c1-7-21-20(22-14-16(4)19-17(5)23-29-18(19)6)24-8-10-25(11-9-24)30(26,27)13-12-28-15(2)3;/h15-16H,7-14H2,1-6H3,(H,21,22);1H. The second-order valence-corrected chi connectivity index (χ2v) is 10.0. The molecule has 31 heavy (non-hydrogen) atoms. The summed E-state index contributed by atoms with van der Waals surface area (Å²) in [5, 5.41) is 7.36. The molecule has 0 aliphatic carbocycles. The van der Waals surface area contributed by atoms with Gasteiger partial charge in [-0.2, -0.15) is 4.31 Å². The number of piperazine rings is 1. The van der Waals surface area contributed by atoms with E-state index in [-0.39, 0.29) is 48.4 Å². The van der Waals surface area contributed by atoms with E-state index in [1.54, 1.807) is 4.31 Å². The normalized spacial score (nSPS) is 17.0. The predicted octanol–water partition coefficient (Wildman–Crippen LogP) is 2.35. The van der Waals surface area contributed by atoms with Gasteiger partial charge in [0, 0.05) is 50.7 Å². The number of rotatable bonds is 9. The minimum absolute atomic E-state index is 0. The topological polar surface area (TPSA) is 100 Å². The molecule has 2 rings (SSSR count). The molecule has 1 aliphatic heterocycles. The third-order valence-electron chi connectivity index (χ3n) is 5.16. The summed E-state index contributed by atoms with van der Waals surface area (Å²) in [4.78, 5) is 6.93. The third kappa shape index (κ3) is 8.17. The highest BCUT2D eigenvalue weighted by atomic mass is 127. The van der Waals surface area contributed by atoms with Crippen LogP contribution in [-0.2, 0) is 14.8 Å². The Morgan fingerprint density at radius 1 is 1.23 bits per heavy atom. The second-order valence-electron chi connectivity index (χ2n) is 7.96. The number of halogens is 1. The van der Waals surface area contributed by atoms with E-state index in [1.165, 1.54) is 0 Å². The summed E-state index contributed by atoms with van der Waals surface area (Å²) in [5.41, 5.74) is 2.01. The van der Waals surface area contributed by atoms with E-state index >= 15 is 0 Å². The molecule has 1 fully saturated rings. The van der Waals surface area contributed by atoms with Crippen LogP contribution in [0.4, 0.5) is 0 Å². The lowest BCUT2D eigenvalue weighted by molar-refractivity contribution is 0.0904. The lowest BCUT2D eigenvalue weighted by Gasteiger charge is -2.36. The van der Waals surface area contributed by atoms with Crippen molar-refractivity contribution in [1.29, 1.82) is 0 Å². The smallest absolute Gasteiger partial charge is 0.216 e. The van der Waals surface area contributed by atoms with Gasteiger partial charge < -0.3 is 19.5 Å². The molecule has 1 saturated heterocycles. The molecule has 0 aromatic carbocycles. The number of aromatic nitrogens is 1. The number of hydrogen-bond donors (Lipinski definition) is 1. The molecule has 0 spiro atoms. The Balaban J connectivity index is 0.00000480. The predicted molar refractivity (Wildman–Crippen MR) is 134 cm³/mol. The van der Waals surface area contributed by atoms with Crippen molar-refractivity contribution >= 4 is 40.0 Å². The Morgan fingerprint density at radius 2 is 1.87 bits per heavy atom. The summed E-state index contributed by atoms with van der Waals surface area (Å²) in [6.07, 6.45) is 0.0312. The maximum atomic E-state index is 12.5. The Labute approximate surface area is 204 Å². The number of aryl methyl sites for hydroxylation is 2. The van der Waals surface area contributed by atoms with E-state index in [9.17, 15) is 8.42 Å². The molecule has 1 aromatic heterocycles. The van der Waals surface area contributed by atoms with Crippen LogP contribution in [0, 0.1) is 13.8 Å². The first-order valence-corrected chi connectivity index (χ1v) is 12.3. The Bertz CT molecular complexity index is 785. The van der Waals surface area contributed by atoms with Crippen LogP contribution in [0.2, 0.25) is 0 Å². The molecule has 9 nitrogen and oxygen atoms in total. The molecule has 1 aliphatic rings. The van der Waals surface area contributed by atoms with Gasteiger partial charge in [0.05, 0.1) is 24.2 Å². The maximum absolute atomic E-state index is 12.5. The summed E-state index contributed by atoms with van der Waals surface area (Å²) in [5.74, 6) is 1.86. The fourth-order valence-corrected chi connectivity index (χ4v) is 4.92. The molecule has 2 heterocycles. The molecule has 1 N–H and O–H groups in total. The molecule has 1 atom stereocenters. The van der Waals surface area contributed by atoms with Gasteiger partial charge in [0.1, 0.15) is 5.76 Å². The largest absolute Gasteiger partial charge is 0.378 e. The molecule has 0 amide bonds. The molecule has 180 valence electrons. The average Bonchev–Trinajstić information content (AvgIpc) is 3.03. The minimum Gasteiger partial charge on any atom is -0.378 e. The van der Waals surface area contributed by atoms with Gasteiger partial charge >= 0.3 is 0 Å². The van der Waals surface area contributed by atoms with Gasteiger partial charge in [0.15, 0.2) is 5.96 Å². The van der Waals surface area contributed by atoms with Crippen LogP contribution in [-0.4, -0.2) is 86.5 Å². The number of hydrogen-bond acceptors (Lipinski definition) is 6. The van der Waals surface area contributed by atoms with E-state index < -0.39 is 10.0 Å². The van der Waals surface area contributed by atoms with Gasteiger partial charge in [0.2, 0.25) is 10.0 Å². The minimum atomic E-state index is -3.30. The van der Waals surface area contributed by atoms with Crippen molar-refractivity contribution in [3.8, 4) is 0 Å². The summed E-state index contributed by atoms with van der Waals surface area (Å²) >= 11 is 0. The number of aliphatic imine (C=N–C) groups is 1. The molecule has 1 aromatic rings. The van der Waals surface area contributed by atoms with Crippen LogP contribution in [0.3, 0.4) is 0 Å². The van der Waals surface area contributed by atoms with Crippen molar-refractivity contribution < 1.29 is 17.7 Å². The number of sulfonamides is 1. The molecule has 0 saturated carbocycles. The Morgan fingerprint density at radius 3 is 2.39 bits per heavy atom. The summed E-state index contributed by atoms with van der Waals surface area (Å²) in [6.45, 7) is 15.5. The molecule has 1 unspecified atom stereocenters. The van der Waals surface area contributed by atoms with Crippen molar-refractivity contribution in [3.05, 3.63) is 17.0 Å². The summed E-state index contributed by atoms with van der Waals surface area (Å²) in [6, 6.07) is 0. The Kier molecular flexibility index (Phi) is 11.7. The second kappa shape index (κ2) is 12.9. The number of nitrogens with zero attached hydrogens (tertiary/aromatic N) is 4. The van der Waals surface area contributed by atoms with Gasteiger partial charge in [-0.3, -0.25) is 4.99 Å². The lowest BCUT2D eigenvalue weighted by Crippen LogP contribution is -2.54. The molecular formula is C20H38IN5O4S. The van der Waals surface area contributed by atoms with Gasteiger partial charge in [-0.15, -0.1) is 24.0 Å². The van der Waals surface area contributed by atoms with E-state index in [1.807, 2.05) is 34.6 Å².